The molecule has 7 nitrogen and oxygen atoms in total. The number of hydrogen-bond donors (Lipinski definition) is 1. The normalized spacial score (nSPS) is 14.4. The van der Waals surface area contributed by atoms with Crippen LogP contribution in [-0.4, -0.2) is 28.5 Å². The van der Waals surface area contributed by atoms with Crippen LogP contribution in [0.25, 0.3) is 6.08 Å². The minimum atomic E-state index is -4.58. The summed E-state index contributed by atoms with van der Waals surface area (Å²) in [5.74, 6) is -0.899. The number of nitrogens with one attached hydrogen (secondary N) is 1. The highest BCUT2D eigenvalue weighted by atomic mass is 127. The Hall–Kier alpha value is -3.10. The summed E-state index contributed by atoms with van der Waals surface area (Å²) in [7, 11) is 0. The van der Waals surface area contributed by atoms with Gasteiger partial charge in [0.1, 0.15) is 18.9 Å². The SMILES string of the molecule is N#Cc1ccccc1COc1c(I)cc(/C=C2\SC(=O)N(CC(=O)Nc3cccc(C(F)(F)F)c3)C2=O)cc1I. The van der Waals surface area contributed by atoms with Crippen LogP contribution < -0.4 is 10.1 Å². The maximum Gasteiger partial charge on any atom is 0.416 e. The van der Waals surface area contributed by atoms with Crippen LogP contribution in [0.2, 0.25) is 0 Å². The summed E-state index contributed by atoms with van der Waals surface area (Å²) in [4.78, 5) is 38.6. The molecule has 0 atom stereocenters. The number of imide groups is 1. The Morgan fingerprint density at radius 1 is 1.07 bits per heavy atom. The van der Waals surface area contributed by atoms with Crippen molar-refractivity contribution in [1.29, 1.82) is 5.26 Å². The predicted octanol–water partition coefficient (Wildman–Crippen LogP) is 7.04. The lowest BCUT2D eigenvalue weighted by atomic mass is 10.1. The van der Waals surface area contributed by atoms with E-state index in [0.717, 1.165) is 35.8 Å². The van der Waals surface area contributed by atoms with Crippen molar-refractivity contribution in [1.82, 2.24) is 4.90 Å². The van der Waals surface area contributed by atoms with Crippen LogP contribution in [0.15, 0.2) is 65.6 Å². The zero-order chi connectivity index (χ0) is 29.0. The third-order valence-corrected chi connectivity index (χ3v) is 7.99. The Bertz CT molecular complexity index is 1560. The Kier molecular flexibility index (Phi) is 9.41. The Morgan fingerprint density at radius 3 is 2.45 bits per heavy atom. The molecule has 1 fully saturated rings. The maximum absolute atomic E-state index is 12.9. The highest BCUT2D eigenvalue weighted by Gasteiger charge is 2.36. The summed E-state index contributed by atoms with van der Waals surface area (Å²) >= 11 is 4.84. The molecule has 40 heavy (non-hydrogen) atoms. The molecule has 0 bridgehead atoms. The van der Waals surface area contributed by atoms with Crippen molar-refractivity contribution in [3.05, 3.63) is 95.0 Å². The lowest BCUT2D eigenvalue weighted by Gasteiger charge is -2.14. The predicted molar refractivity (Wildman–Crippen MR) is 160 cm³/mol. The van der Waals surface area contributed by atoms with Crippen LogP contribution in [0.3, 0.4) is 0 Å². The van der Waals surface area contributed by atoms with Gasteiger partial charge in [0.05, 0.1) is 29.2 Å². The first-order valence-corrected chi connectivity index (χ1v) is 14.3. The van der Waals surface area contributed by atoms with Gasteiger partial charge in [0.2, 0.25) is 5.91 Å². The largest absolute Gasteiger partial charge is 0.487 e. The Balaban J connectivity index is 1.44. The number of rotatable bonds is 7. The van der Waals surface area contributed by atoms with Crippen molar-refractivity contribution in [3.8, 4) is 11.8 Å². The van der Waals surface area contributed by atoms with Gasteiger partial charge in [-0.25, -0.2) is 0 Å². The van der Waals surface area contributed by atoms with Crippen LogP contribution in [-0.2, 0) is 22.4 Å². The molecular formula is C27H16F3I2N3O4S. The fourth-order valence-electron chi connectivity index (χ4n) is 3.61. The third kappa shape index (κ3) is 7.15. The van der Waals surface area contributed by atoms with E-state index in [0.29, 0.717) is 28.6 Å². The molecule has 1 aliphatic rings. The number of hydrogen-bond acceptors (Lipinski definition) is 6. The summed E-state index contributed by atoms with van der Waals surface area (Å²) in [6, 6.07) is 16.8. The topological polar surface area (TPSA) is 99.5 Å². The molecule has 204 valence electrons. The molecule has 1 saturated heterocycles. The second kappa shape index (κ2) is 12.6. The summed E-state index contributed by atoms with van der Waals surface area (Å²) in [5.41, 5.74) is 0.837. The van der Waals surface area contributed by atoms with Gasteiger partial charge in [-0.2, -0.15) is 18.4 Å². The summed E-state index contributed by atoms with van der Waals surface area (Å²) in [6.07, 6.45) is -3.06. The number of alkyl halides is 3. The van der Waals surface area contributed by atoms with E-state index < -0.39 is 35.3 Å². The number of halogens is 5. The van der Waals surface area contributed by atoms with Crippen LogP contribution in [0.4, 0.5) is 23.7 Å². The Labute approximate surface area is 258 Å². The molecule has 0 saturated carbocycles. The Morgan fingerprint density at radius 2 is 1.77 bits per heavy atom. The van der Waals surface area contributed by atoms with E-state index in [4.69, 9.17) is 4.74 Å². The lowest BCUT2D eigenvalue weighted by Crippen LogP contribution is -2.36. The molecule has 4 rings (SSSR count). The molecule has 0 spiro atoms. The van der Waals surface area contributed by atoms with Gasteiger partial charge in [0.25, 0.3) is 11.1 Å². The maximum atomic E-state index is 12.9. The number of carbonyl (C=O) groups is 3. The van der Waals surface area contributed by atoms with E-state index in [2.05, 4.69) is 56.6 Å². The number of carbonyl (C=O) groups excluding carboxylic acids is 3. The lowest BCUT2D eigenvalue weighted by molar-refractivity contribution is -0.137. The number of thioether (sulfide) groups is 1. The van der Waals surface area contributed by atoms with Crippen LogP contribution >= 0.6 is 56.9 Å². The first kappa shape index (κ1) is 29.9. The molecule has 3 aromatic rings. The van der Waals surface area contributed by atoms with E-state index in [9.17, 15) is 32.8 Å². The summed E-state index contributed by atoms with van der Waals surface area (Å²) in [5, 5.41) is 10.9. The molecule has 1 heterocycles. The van der Waals surface area contributed by atoms with Crippen molar-refractivity contribution < 1.29 is 32.3 Å². The second-order valence-electron chi connectivity index (χ2n) is 8.27. The van der Waals surface area contributed by atoms with E-state index in [1.165, 1.54) is 12.1 Å². The molecule has 0 unspecified atom stereocenters. The van der Waals surface area contributed by atoms with Gasteiger partial charge in [-0.05, 0) is 105 Å². The second-order valence-corrected chi connectivity index (χ2v) is 11.6. The van der Waals surface area contributed by atoms with Crippen LogP contribution in [0.5, 0.6) is 5.75 Å². The molecule has 13 heteroatoms. The number of amides is 3. The number of ether oxygens (including phenoxy) is 1. The number of anilines is 1. The summed E-state index contributed by atoms with van der Waals surface area (Å²) < 4.78 is 46.2. The van der Waals surface area contributed by atoms with Crippen molar-refractivity contribution in [3.63, 3.8) is 0 Å². The first-order valence-electron chi connectivity index (χ1n) is 11.3. The van der Waals surface area contributed by atoms with Crippen molar-refractivity contribution >= 4 is 85.8 Å². The fraction of sp³-hybridized carbons (Fsp3) is 0.111. The van der Waals surface area contributed by atoms with E-state index in [1.807, 2.05) is 12.1 Å². The monoisotopic (exact) mass is 789 g/mol. The zero-order valence-electron chi connectivity index (χ0n) is 20.1. The minimum Gasteiger partial charge on any atom is -0.487 e. The van der Waals surface area contributed by atoms with Crippen LogP contribution in [0.1, 0.15) is 22.3 Å². The average molecular weight is 789 g/mol. The smallest absolute Gasteiger partial charge is 0.416 e. The summed E-state index contributed by atoms with van der Waals surface area (Å²) in [6.45, 7) is -0.458. The van der Waals surface area contributed by atoms with Gasteiger partial charge in [-0.1, -0.05) is 24.3 Å². The van der Waals surface area contributed by atoms with Gasteiger partial charge in [-0.3, -0.25) is 19.3 Å². The third-order valence-electron chi connectivity index (χ3n) is 5.48. The molecule has 0 aromatic heterocycles. The van der Waals surface area contributed by atoms with E-state index in [1.54, 1.807) is 24.3 Å². The number of nitriles is 1. The van der Waals surface area contributed by atoms with Crippen molar-refractivity contribution in [2.24, 2.45) is 0 Å². The van der Waals surface area contributed by atoms with E-state index >= 15 is 0 Å². The quantitative estimate of drug-likeness (QED) is 0.204. The van der Waals surface area contributed by atoms with Gasteiger partial charge >= 0.3 is 6.18 Å². The molecule has 0 aliphatic carbocycles. The molecular weight excluding hydrogens is 773 g/mol. The number of nitrogens with zero attached hydrogens (tertiary/aromatic N) is 2. The van der Waals surface area contributed by atoms with E-state index in [-0.39, 0.29) is 17.2 Å². The fourth-order valence-corrected chi connectivity index (χ4v) is 6.58. The highest BCUT2D eigenvalue weighted by molar-refractivity contribution is 14.1. The van der Waals surface area contributed by atoms with Crippen molar-refractivity contribution in [2.75, 3.05) is 11.9 Å². The number of benzene rings is 3. The van der Waals surface area contributed by atoms with Gasteiger partial charge in [0.15, 0.2) is 0 Å². The van der Waals surface area contributed by atoms with Crippen molar-refractivity contribution in [2.45, 2.75) is 12.8 Å². The van der Waals surface area contributed by atoms with Gasteiger partial charge in [-0.15, -0.1) is 0 Å². The zero-order valence-corrected chi connectivity index (χ0v) is 25.2. The molecule has 1 aliphatic heterocycles. The highest BCUT2D eigenvalue weighted by Crippen LogP contribution is 2.35. The molecule has 3 amide bonds. The minimum absolute atomic E-state index is 0.0973. The van der Waals surface area contributed by atoms with Gasteiger partial charge in [0, 0.05) is 11.3 Å². The van der Waals surface area contributed by atoms with Gasteiger partial charge < -0.3 is 10.1 Å². The molecule has 1 N–H and O–H groups in total. The first-order chi connectivity index (χ1) is 19.0. The standard InChI is InChI=1S/C27H16F3I2N3O4S/c28-27(29,30)18-6-3-7-19(11-18)34-23(36)13-35-25(37)22(40-26(35)38)10-15-8-20(31)24(21(32)9-15)39-14-17-5-2-1-4-16(17)12-33/h1-11H,13-14H2,(H,34,36)/b22-10-. The molecule has 3 aromatic carbocycles. The molecule has 0 radical (unpaired) electrons. The average Bonchev–Trinajstić information content (AvgIpc) is 3.15. The van der Waals surface area contributed by atoms with Crippen LogP contribution in [0, 0.1) is 18.5 Å².